The Morgan fingerprint density at radius 2 is 2.52 bits per heavy atom. The molecule has 1 saturated heterocycles. The number of aryl methyl sites for hydroxylation is 1. The first-order valence-electron chi connectivity index (χ1n) is 6.85. The van der Waals surface area contributed by atoms with Crippen molar-refractivity contribution in [2.75, 3.05) is 25.0 Å². The van der Waals surface area contributed by atoms with Crippen LogP contribution in [-0.4, -0.2) is 45.4 Å². The van der Waals surface area contributed by atoms with Gasteiger partial charge in [-0.3, -0.25) is 0 Å². The predicted molar refractivity (Wildman–Crippen MR) is 79.3 cm³/mol. The molecule has 0 spiro atoms. The molecule has 112 valence electrons. The fourth-order valence-corrected chi connectivity index (χ4v) is 2.87. The number of ether oxygens (including phenoxy) is 1. The monoisotopic (exact) mass is 307 g/mol. The maximum Gasteiger partial charge on any atom is 0.322 e. The molecular formula is C13H17N5O2S. The van der Waals surface area contributed by atoms with E-state index in [2.05, 4.69) is 15.5 Å². The van der Waals surface area contributed by atoms with Gasteiger partial charge in [0.05, 0.1) is 18.8 Å². The second-order valence-corrected chi connectivity index (χ2v) is 5.50. The topological polar surface area (TPSA) is 72.3 Å². The first-order chi connectivity index (χ1) is 10.3. The molecule has 0 unspecified atom stereocenters. The number of nitrogens with zero attached hydrogens (tertiary/aromatic N) is 4. The highest BCUT2D eigenvalue weighted by molar-refractivity contribution is 7.08. The Labute approximate surface area is 126 Å². The van der Waals surface area contributed by atoms with Gasteiger partial charge in [0.25, 0.3) is 0 Å². The number of morpholine rings is 1. The van der Waals surface area contributed by atoms with Crippen molar-refractivity contribution < 1.29 is 9.53 Å². The number of anilines is 1. The van der Waals surface area contributed by atoms with Gasteiger partial charge in [0.1, 0.15) is 12.4 Å². The third kappa shape index (κ3) is 3.06. The normalized spacial score (nSPS) is 18.7. The van der Waals surface area contributed by atoms with Crippen LogP contribution in [0.5, 0.6) is 0 Å². The van der Waals surface area contributed by atoms with E-state index in [1.165, 1.54) is 0 Å². The quantitative estimate of drug-likeness (QED) is 0.941. The standard InChI is InChI=1S/C13H17N5O2S/c1-2-17-9-14-16-12(17)11-7-18(4-5-20-11)13(19)15-10-3-6-21-8-10/h3,6,8-9,11H,2,4-5,7H2,1H3,(H,15,19)/t11-/m1/s1. The molecular weight excluding hydrogens is 290 g/mol. The van der Waals surface area contributed by atoms with E-state index in [0.29, 0.717) is 19.7 Å². The molecule has 21 heavy (non-hydrogen) atoms. The van der Waals surface area contributed by atoms with E-state index >= 15 is 0 Å². The summed E-state index contributed by atoms with van der Waals surface area (Å²) in [6, 6.07) is 1.78. The number of rotatable bonds is 3. The Balaban J connectivity index is 1.67. The number of hydrogen-bond donors (Lipinski definition) is 1. The van der Waals surface area contributed by atoms with Crippen LogP contribution in [0.1, 0.15) is 18.9 Å². The zero-order valence-electron chi connectivity index (χ0n) is 11.7. The van der Waals surface area contributed by atoms with Crippen molar-refractivity contribution in [2.45, 2.75) is 19.6 Å². The number of nitrogens with one attached hydrogen (secondary N) is 1. The lowest BCUT2D eigenvalue weighted by atomic mass is 10.2. The molecule has 3 heterocycles. The van der Waals surface area contributed by atoms with Crippen molar-refractivity contribution in [3.05, 3.63) is 29.0 Å². The van der Waals surface area contributed by atoms with E-state index in [1.807, 2.05) is 28.3 Å². The fraction of sp³-hybridized carbons (Fsp3) is 0.462. The molecule has 0 aliphatic carbocycles. The molecule has 1 aliphatic heterocycles. The molecule has 0 aromatic carbocycles. The van der Waals surface area contributed by atoms with Gasteiger partial charge >= 0.3 is 6.03 Å². The van der Waals surface area contributed by atoms with E-state index in [9.17, 15) is 4.79 Å². The summed E-state index contributed by atoms with van der Waals surface area (Å²) in [5.41, 5.74) is 0.824. The van der Waals surface area contributed by atoms with Crippen LogP contribution >= 0.6 is 11.3 Å². The first kappa shape index (κ1) is 14.0. The van der Waals surface area contributed by atoms with Gasteiger partial charge < -0.3 is 19.5 Å². The molecule has 0 bridgehead atoms. The smallest absolute Gasteiger partial charge is 0.322 e. The summed E-state index contributed by atoms with van der Waals surface area (Å²) >= 11 is 1.55. The van der Waals surface area contributed by atoms with Gasteiger partial charge in [0.15, 0.2) is 5.82 Å². The molecule has 2 aromatic heterocycles. The minimum Gasteiger partial charge on any atom is -0.366 e. The van der Waals surface area contributed by atoms with E-state index < -0.39 is 0 Å². The number of carbonyl (C=O) groups is 1. The Morgan fingerprint density at radius 3 is 3.29 bits per heavy atom. The van der Waals surface area contributed by atoms with Crippen LogP contribution in [0.3, 0.4) is 0 Å². The van der Waals surface area contributed by atoms with Crippen molar-refractivity contribution in [3.8, 4) is 0 Å². The number of carbonyl (C=O) groups excluding carboxylic acids is 1. The van der Waals surface area contributed by atoms with Gasteiger partial charge in [-0.15, -0.1) is 10.2 Å². The Bertz CT molecular complexity index is 597. The van der Waals surface area contributed by atoms with Crippen molar-refractivity contribution >= 4 is 23.1 Å². The number of aromatic nitrogens is 3. The van der Waals surface area contributed by atoms with Crippen molar-refractivity contribution in [3.63, 3.8) is 0 Å². The van der Waals surface area contributed by atoms with Gasteiger partial charge in [0.2, 0.25) is 0 Å². The molecule has 8 heteroatoms. The average Bonchev–Trinajstić information content (AvgIpc) is 3.18. The van der Waals surface area contributed by atoms with Crippen molar-refractivity contribution in [1.29, 1.82) is 0 Å². The Kier molecular flexibility index (Phi) is 4.16. The van der Waals surface area contributed by atoms with Crippen molar-refractivity contribution in [1.82, 2.24) is 19.7 Å². The van der Waals surface area contributed by atoms with Gasteiger partial charge in [-0.25, -0.2) is 4.79 Å². The molecule has 1 aliphatic rings. The van der Waals surface area contributed by atoms with E-state index in [4.69, 9.17) is 4.74 Å². The lowest BCUT2D eigenvalue weighted by molar-refractivity contribution is -0.0199. The van der Waals surface area contributed by atoms with Crippen LogP contribution in [-0.2, 0) is 11.3 Å². The van der Waals surface area contributed by atoms with E-state index in [0.717, 1.165) is 18.1 Å². The minimum absolute atomic E-state index is 0.107. The van der Waals surface area contributed by atoms with Gasteiger partial charge in [0, 0.05) is 18.5 Å². The highest BCUT2D eigenvalue weighted by atomic mass is 32.1. The maximum atomic E-state index is 12.3. The van der Waals surface area contributed by atoms with E-state index in [-0.39, 0.29) is 12.1 Å². The summed E-state index contributed by atoms with van der Waals surface area (Å²) in [4.78, 5) is 14.0. The molecule has 0 saturated carbocycles. The zero-order chi connectivity index (χ0) is 14.7. The molecule has 0 radical (unpaired) electrons. The second-order valence-electron chi connectivity index (χ2n) is 4.72. The second kappa shape index (κ2) is 6.23. The van der Waals surface area contributed by atoms with Gasteiger partial charge in [-0.1, -0.05) is 0 Å². The molecule has 1 N–H and O–H groups in total. The zero-order valence-corrected chi connectivity index (χ0v) is 12.5. The molecule has 1 atom stereocenters. The molecule has 1 fully saturated rings. The van der Waals surface area contributed by atoms with Crippen LogP contribution in [0, 0.1) is 0 Å². The highest BCUT2D eigenvalue weighted by Crippen LogP contribution is 2.21. The van der Waals surface area contributed by atoms with Crippen LogP contribution < -0.4 is 5.32 Å². The number of thiophene rings is 1. The summed E-state index contributed by atoms with van der Waals surface area (Å²) in [6.45, 7) is 4.36. The highest BCUT2D eigenvalue weighted by Gasteiger charge is 2.28. The molecule has 7 nitrogen and oxygen atoms in total. The SMILES string of the molecule is CCn1cnnc1[C@H]1CN(C(=O)Nc2ccsc2)CCO1. The third-order valence-electron chi connectivity index (χ3n) is 3.40. The van der Waals surface area contributed by atoms with Crippen LogP contribution in [0.15, 0.2) is 23.2 Å². The van der Waals surface area contributed by atoms with Crippen LogP contribution in [0.4, 0.5) is 10.5 Å². The lowest BCUT2D eigenvalue weighted by Gasteiger charge is -2.32. The predicted octanol–water partition coefficient (Wildman–Crippen LogP) is 1.96. The summed E-state index contributed by atoms with van der Waals surface area (Å²) in [5.74, 6) is 0.769. The molecule has 3 rings (SSSR count). The summed E-state index contributed by atoms with van der Waals surface area (Å²) in [6.07, 6.45) is 1.46. The largest absolute Gasteiger partial charge is 0.366 e. The van der Waals surface area contributed by atoms with Gasteiger partial charge in [-0.05, 0) is 18.4 Å². The minimum atomic E-state index is -0.227. The number of urea groups is 1. The maximum absolute atomic E-state index is 12.3. The third-order valence-corrected chi connectivity index (χ3v) is 4.08. The summed E-state index contributed by atoms with van der Waals surface area (Å²) < 4.78 is 7.67. The average molecular weight is 307 g/mol. The number of hydrogen-bond acceptors (Lipinski definition) is 5. The molecule has 2 amide bonds. The van der Waals surface area contributed by atoms with Crippen LogP contribution in [0.2, 0.25) is 0 Å². The Hall–Kier alpha value is -1.93. The summed E-state index contributed by atoms with van der Waals surface area (Å²) in [7, 11) is 0. The van der Waals surface area contributed by atoms with Crippen LogP contribution in [0.25, 0.3) is 0 Å². The van der Waals surface area contributed by atoms with Gasteiger partial charge in [-0.2, -0.15) is 11.3 Å². The van der Waals surface area contributed by atoms with E-state index in [1.54, 1.807) is 22.6 Å². The first-order valence-corrected chi connectivity index (χ1v) is 7.79. The fourth-order valence-electron chi connectivity index (χ4n) is 2.28. The van der Waals surface area contributed by atoms with Crippen molar-refractivity contribution in [2.24, 2.45) is 0 Å². The number of amides is 2. The molecule has 2 aromatic rings. The summed E-state index contributed by atoms with van der Waals surface area (Å²) in [5, 5.41) is 14.7. The Morgan fingerprint density at radius 1 is 1.62 bits per heavy atom. The lowest BCUT2D eigenvalue weighted by Crippen LogP contribution is -2.44.